The Morgan fingerprint density at radius 3 is 2.74 bits per heavy atom. The number of piperidine rings is 1. The molecule has 3 rings (SSSR count). The smallest absolute Gasteiger partial charge is 0.334 e. The lowest BCUT2D eigenvalue weighted by Gasteiger charge is -2.44. The van der Waals surface area contributed by atoms with Gasteiger partial charge in [-0.05, 0) is 26.0 Å². The standard InChI is InChI=1S/C16H19NO2/c1-11-13-9-14(12-7-5-4-6-8-12)17(3)10-16(13,2)19-15(11)18/h4-8,13-14H,1,9-10H2,2-3H3. The average Bonchev–Trinajstić information content (AvgIpc) is 2.59. The van der Waals surface area contributed by atoms with E-state index in [1.165, 1.54) is 5.56 Å². The summed E-state index contributed by atoms with van der Waals surface area (Å²) in [5.41, 5.74) is 1.52. The van der Waals surface area contributed by atoms with E-state index in [1.54, 1.807) is 0 Å². The minimum Gasteiger partial charge on any atom is -0.454 e. The van der Waals surface area contributed by atoms with Gasteiger partial charge in [-0.15, -0.1) is 0 Å². The SMILES string of the molecule is C=C1C(=O)OC2(C)CN(C)C(c3ccccc3)CC12. The fourth-order valence-electron chi connectivity index (χ4n) is 3.47. The molecule has 2 aliphatic heterocycles. The van der Waals surface area contributed by atoms with Gasteiger partial charge in [-0.3, -0.25) is 4.90 Å². The Bertz CT molecular complexity index is 525. The molecule has 3 nitrogen and oxygen atoms in total. The third-order valence-corrected chi connectivity index (χ3v) is 4.48. The molecule has 1 aromatic rings. The van der Waals surface area contributed by atoms with E-state index >= 15 is 0 Å². The highest BCUT2D eigenvalue weighted by atomic mass is 16.6. The van der Waals surface area contributed by atoms with E-state index in [4.69, 9.17) is 4.74 Å². The molecule has 0 aromatic heterocycles. The van der Waals surface area contributed by atoms with E-state index in [0.717, 1.165) is 13.0 Å². The number of rotatable bonds is 1. The Kier molecular flexibility index (Phi) is 2.75. The number of benzene rings is 1. The molecule has 1 aromatic carbocycles. The summed E-state index contributed by atoms with van der Waals surface area (Å²) < 4.78 is 5.54. The van der Waals surface area contributed by atoms with Crippen LogP contribution in [0.5, 0.6) is 0 Å². The zero-order valence-corrected chi connectivity index (χ0v) is 11.4. The molecule has 19 heavy (non-hydrogen) atoms. The number of fused-ring (bicyclic) bond motifs is 1. The molecule has 2 heterocycles. The second-order valence-corrected chi connectivity index (χ2v) is 5.86. The molecule has 2 saturated heterocycles. The Hall–Kier alpha value is -1.61. The summed E-state index contributed by atoms with van der Waals surface area (Å²) in [6.07, 6.45) is 0.890. The molecule has 0 amide bonds. The quantitative estimate of drug-likeness (QED) is 0.572. The maximum Gasteiger partial charge on any atom is 0.334 e. The first-order valence-corrected chi connectivity index (χ1v) is 6.68. The van der Waals surface area contributed by atoms with Crippen molar-refractivity contribution in [1.29, 1.82) is 0 Å². The third kappa shape index (κ3) is 1.89. The lowest BCUT2D eigenvalue weighted by molar-refractivity contribution is -0.151. The molecule has 2 aliphatic rings. The molecule has 0 radical (unpaired) electrons. The monoisotopic (exact) mass is 257 g/mol. The normalized spacial score (nSPS) is 35.1. The molecule has 3 unspecified atom stereocenters. The summed E-state index contributed by atoms with van der Waals surface area (Å²) in [5, 5.41) is 0. The first kappa shape index (κ1) is 12.4. The van der Waals surface area contributed by atoms with Crippen LogP contribution in [0.25, 0.3) is 0 Å². The molecule has 0 spiro atoms. The Morgan fingerprint density at radius 1 is 1.37 bits per heavy atom. The van der Waals surface area contributed by atoms with Gasteiger partial charge in [-0.1, -0.05) is 36.9 Å². The highest BCUT2D eigenvalue weighted by molar-refractivity contribution is 5.91. The number of hydrogen-bond acceptors (Lipinski definition) is 3. The Labute approximate surface area is 113 Å². The van der Waals surface area contributed by atoms with E-state index in [0.29, 0.717) is 11.6 Å². The van der Waals surface area contributed by atoms with Crippen molar-refractivity contribution in [3.05, 3.63) is 48.0 Å². The number of carbonyl (C=O) groups excluding carboxylic acids is 1. The van der Waals surface area contributed by atoms with Gasteiger partial charge in [0.25, 0.3) is 0 Å². The first-order chi connectivity index (χ1) is 9.01. The predicted octanol–water partition coefficient (Wildman–Crippen LogP) is 2.55. The molecule has 3 heteroatoms. The fraction of sp³-hybridized carbons (Fsp3) is 0.438. The van der Waals surface area contributed by atoms with E-state index in [2.05, 4.69) is 42.8 Å². The topological polar surface area (TPSA) is 29.5 Å². The highest BCUT2D eigenvalue weighted by Gasteiger charge is 2.53. The van der Waals surface area contributed by atoms with Crippen LogP contribution in [-0.2, 0) is 9.53 Å². The largest absolute Gasteiger partial charge is 0.454 e. The maximum atomic E-state index is 11.8. The molecule has 0 saturated carbocycles. The van der Waals surface area contributed by atoms with Crippen LogP contribution in [0.2, 0.25) is 0 Å². The molecular formula is C16H19NO2. The number of likely N-dealkylation sites (tertiary alicyclic amines) is 1. The van der Waals surface area contributed by atoms with Crippen LogP contribution in [0.1, 0.15) is 24.9 Å². The summed E-state index contributed by atoms with van der Waals surface area (Å²) >= 11 is 0. The summed E-state index contributed by atoms with van der Waals surface area (Å²) in [4.78, 5) is 14.0. The lowest BCUT2D eigenvalue weighted by Crippen LogP contribution is -2.50. The van der Waals surface area contributed by atoms with E-state index in [-0.39, 0.29) is 11.9 Å². The van der Waals surface area contributed by atoms with Crippen molar-refractivity contribution in [2.45, 2.75) is 25.0 Å². The van der Waals surface area contributed by atoms with Gasteiger partial charge in [0, 0.05) is 24.1 Å². The number of hydrogen-bond donors (Lipinski definition) is 0. The van der Waals surface area contributed by atoms with Crippen molar-refractivity contribution in [3.8, 4) is 0 Å². The summed E-state index contributed by atoms with van der Waals surface area (Å²) in [5.74, 6) is -0.101. The van der Waals surface area contributed by atoms with Gasteiger partial charge in [0.1, 0.15) is 5.60 Å². The van der Waals surface area contributed by atoms with Crippen molar-refractivity contribution in [2.75, 3.05) is 13.6 Å². The van der Waals surface area contributed by atoms with Crippen molar-refractivity contribution in [2.24, 2.45) is 5.92 Å². The van der Waals surface area contributed by atoms with Crippen LogP contribution in [0.4, 0.5) is 0 Å². The minimum absolute atomic E-state index is 0.126. The van der Waals surface area contributed by atoms with Gasteiger partial charge in [-0.2, -0.15) is 0 Å². The molecule has 0 aliphatic carbocycles. The van der Waals surface area contributed by atoms with E-state index in [9.17, 15) is 4.79 Å². The van der Waals surface area contributed by atoms with Gasteiger partial charge in [0.05, 0.1) is 0 Å². The van der Waals surface area contributed by atoms with Gasteiger partial charge >= 0.3 is 5.97 Å². The van der Waals surface area contributed by atoms with Crippen LogP contribution < -0.4 is 0 Å². The second kappa shape index (κ2) is 4.20. The number of ether oxygens (including phenoxy) is 1. The van der Waals surface area contributed by atoms with E-state index in [1.807, 2.05) is 13.0 Å². The molecular weight excluding hydrogens is 238 g/mol. The number of nitrogens with zero attached hydrogens (tertiary/aromatic N) is 1. The van der Waals surface area contributed by atoms with E-state index < -0.39 is 5.60 Å². The Morgan fingerprint density at radius 2 is 2.05 bits per heavy atom. The zero-order chi connectivity index (χ0) is 13.6. The molecule has 0 bridgehead atoms. The number of carbonyl (C=O) groups is 1. The molecule has 2 fully saturated rings. The lowest BCUT2D eigenvalue weighted by atomic mass is 9.76. The van der Waals surface area contributed by atoms with Crippen molar-refractivity contribution < 1.29 is 9.53 Å². The summed E-state index contributed by atoms with van der Waals surface area (Å²) in [6, 6.07) is 10.8. The van der Waals surface area contributed by atoms with Crippen molar-refractivity contribution in [1.82, 2.24) is 4.90 Å². The highest BCUT2D eigenvalue weighted by Crippen LogP contribution is 2.47. The number of likely N-dealkylation sites (N-methyl/N-ethyl adjacent to an activating group) is 1. The van der Waals surface area contributed by atoms with Crippen molar-refractivity contribution >= 4 is 5.97 Å². The predicted molar refractivity (Wildman–Crippen MR) is 73.6 cm³/mol. The summed E-state index contributed by atoms with van der Waals surface area (Å²) in [7, 11) is 2.09. The van der Waals surface area contributed by atoms with Gasteiger partial charge in [0.2, 0.25) is 0 Å². The van der Waals surface area contributed by atoms with Crippen LogP contribution in [0, 0.1) is 5.92 Å². The fourth-order valence-corrected chi connectivity index (χ4v) is 3.47. The third-order valence-electron chi connectivity index (χ3n) is 4.48. The number of esters is 1. The van der Waals surface area contributed by atoms with Crippen molar-refractivity contribution in [3.63, 3.8) is 0 Å². The maximum absolute atomic E-state index is 11.8. The van der Waals surface area contributed by atoms with Crippen LogP contribution in [0.15, 0.2) is 42.5 Å². The van der Waals surface area contributed by atoms with Crippen LogP contribution in [-0.4, -0.2) is 30.1 Å². The zero-order valence-electron chi connectivity index (χ0n) is 11.4. The van der Waals surface area contributed by atoms with Gasteiger partial charge in [0.15, 0.2) is 0 Å². The minimum atomic E-state index is -0.409. The Balaban J connectivity index is 1.92. The molecule has 100 valence electrons. The molecule has 0 N–H and O–H groups in total. The second-order valence-electron chi connectivity index (χ2n) is 5.86. The average molecular weight is 257 g/mol. The van der Waals surface area contributed by atoms with Gasteiger partial charge in [-0.25, -0.2) is 4.79 Å². The van der Waals surface area contributed by atoms with Gasteiger partial charge < -0.3 is 4.74 Å². The van der Waals surface area contributed by atoms with Crippen LogP contribution in [0.3, 0.4) is 0 Å². The first-order valence-electron chi connectivity index (χ1n) is 6.68. The van der Waals surface area contributed by atoms with Crippen LogP contribution >= 0.6 is 0 Å². The summed E-state index contributed by atoms with van der Waals surface area (Å²) in [6.45, 7) is 6.70. The molecule has 3 atom stereocenters.